The molecule has 0 N–H and O–H groups in total. The quantitative estimate of drug-likeness (QED) is 0.607. The van der Waals surface area contributed by atoms with Gasteiger partial charge in [0.05, 0.1) is 11.1 Å². The summed E-state index contributed by atoms with van der Waals surface area (Å²) in [4.78, 5) is 35.4. The Bertz CT molecular complexity index is 954. The number of benzene rings is 1. The van der Waals surface area contributed by atoms with E-state index in [1.807, 2.05) is 6.26 Å². The van der Waals surface area contributed by atoms with Gasteiger partial charge >= 0.3 is 0 Å². The fourth-order valence-corrected chi connectivity index (χ4v) is 3.53. The third kappa shape index (κ3) is 3.12. The molecule has 0 bridgehead atoms. The normalized spacial score (nSPS) is 14.5. The SMILES string of the molecule is CSCCC(c1nc(-c2ccncc2)no1)N1C(=O)c2ccccc2C1=O. The Hall–Kier alpha value is -3.00. The van der Waals surface area contributed by atoms with Crippen LogP contribution in [0.5, 0.6) is 0 Å². The Kier molecular flexibility index (Phi) is 4.72. The number of nitrogens with zero attached hydrogens (tertiary/aromatic N) is 4. The van der Waals surface area contributed by atoms with Crippen LogP contribution in [0.25, 0.3) is 11.4 Å². The molecule has 1 unspecified atom stereocenters. The van der Waals surface area contributed by atoms with E-state index in [2.05, 4.69) is 15.1 Å². The van der Waals surface area contributed by atoms with Gasteiger partial charge in [0.15, 0.2) is 0 Å². The Labute approximate surface area is 159 Å². The van der Waals surface area contributed by atoms with Crippen LogP contribution in [-0.4, -0.2) is 43.8 Å². The Morgan fingerprint density at radius 2 is 1.74 bits per heavy atom. The molecule has 0 aliphatic carbocycles. The van der Waals surface area contributed by atoms with E-state index >= 15 is 0 Å². The number of rotatable bonds is 6. The van der Waals surface area contributed by atoms with E-state index < -0.39 is 6.04 Å². The summed E-state index contributed by atoms with van der Waals surface area (Å²) >= 11 is 1.63. The highest BCUT2D eigenvalue weighted by molar-refractivity contribution is 7.98. The third-order valence-electron chi connectivity index (χ3n) is 4.40. The van der Waals surface area contributed by atoms with Gasteiger partial charge in [0.1, 0.15) is 6.04 Å². The van der Waals surface area contributed by atoms with Gasteiger partial charge in [-0.05, 0) is 42.7 Å². The predicted molar refractivity (Wildman–Crippen MR) is 100 cm³/mol. The molecule has 0 spiro atoms. The molecule has 2 aromatic heterocycles. The zero-order valence-electron chi connectivity index (χ0n) is 14.5. The van der Waals surface area contributed by atoms with Crippen molar-refractivity contribution in [2.75, 3.05) is 12.0 Å². The molecule has 1 aliphatic rings. The van der Waals surface area contributed by atoms with E-state index in [-0.39, 0.29) is 17.7 Å². The van der Waals surface area contributed by atoms with Crippen molar-refractivity contribution in [3.05, 3.63) is 65.8 Å². The minimum Gasteiger partial charge on any atom is -0.337 e. The molecule has 0 saturated carbocycles. The Morgan fingerprint density at radius 3 is 2.37 bits per heavy atom. The van der Waals surface area contributed by atoms with Crippen molar-refractivity contribution in [1.29, 1.82) is 0 Å². The van der Waals surface area contributed by atoms with Crippen molar-refractivity contribution >= 4 is 23.6 Å². The van der Waals surface area contributed by atoms with Crippen molar-refractivity contribution in [2.45, 2.75) is 12.5 Å². The van der Waals surface area contributed by atoms with E-state index in [0.29, 0.717) is 23.4 Å². The summed E-state index contributed by atoms with van der Waals surface area (Å²) < 4.78 is 5.45. The molecule has 1 aromatic carbocycles. The second kappa shape index (κ2) is 7.32. The maximum atomic E-state index is 12.9. The first-order valence-corrected chi connectivity index (χ1v) is 9.80. The summed E-state index contributed by atoms with van der Waals surface area (Å²) in [5.74, 6) is 0.740. The van der Waals surface area contributed by atoms with Crippen LogP contribution in [0.4, 0.5) is 0 Å². The smallest absolute Gasteiger partial charge is 0.262 e. The minimum absolute atomic E-state index is 0.255. The van der Waals surface area contributed by atoms with E-state index in [0.717, 1.165) is 11.3 Å². The summed E-state index contributed by atoms with van der Waals surface area (Å²) in [7, 11) is 0. The Morgan fingerprint density at radius 1 is 1.07 bits per heavy atom. The lowest BCUT2D eigenvalue weighted by Gasteiger charge is -2.22. The van der Waals surface area contributed by atoms with E-state index in [4.69, 9.17) is 4.52 Å². The van der Waals surface area contributed by atoms with Gasteiger partial charge in [0, 0.05) is 18.0 Å². The molecule has 1 atom stereocenters. The lowest BCUT2D eigenvalue weighted by molar-refractivity contribution is 0.0548. The maximum absolute atomic E-state index is 12.9. The highest BCUT2D eigenvalue weighted by Gasteiger charge is 2.42. The lowest BCUT2D eigenvalue weighted by Crippen LogP contribution is -2.34. The monoisotopic (exact) mass is 380 g/mol. The van der Waals surface area contributed by atoms with Gasteiger partial charge in [0.25, 0.3) is 11.8 Å². The number of aromatic nitrogens is 3. The van der Waals surface area contributed by atoms with Crippen molar-refractivity contribution in [3.63, 3.8) is 0 Å². The van der Waals surface area contributed by atoms with Crippen LogP contribution in [0.3, 0.4) is 0 Å². The summed E-state index contributed by atoms with van der Waals surface area (Å²) in [5, 5.41) is 4.02. The van der Waals surface area contributed by atoms with Gasteiger partial charge in [-0.15, -0.1) is 0 Å². The fourth-order valence-electron chi connectivity index (χ4n) is 3.07. The number of amides is 2. The van der Waals surface area contributed by atoms with Gasteiger partial charge in [0.2, 0.25) is 11.7 Å². The number of hydrogen-bond acceptors (Lipinski definition) is 7. The lowest BCUT2D eigenvalue weighted by atomic mass is 10.1. The number of fused-ring (bicyclic) bond motifs is 1. The van der Waals surface area contributed by atoms with Crippen molar-refractivity contribution < 1.29 is 14.1 Å². The van der Waals surface area contributed by atoms with Crippen LogP contribution in [0.15, 0.2) is 53.3 Å². The molecule has 7 nitrogen and oxygen atoms in total. The van der Waals surface area contributed by atoms with Gasteiger partial charge in [-0.3, -0.25) is 19.5 Å². The first-order valence-electron chi connectivity index (χ1n) is 8.40. The van der Waals surface area contributed by atoms with Gasteiger partial charge in [-0.2, -0.15) is 16.7 Å². The molecule has 0 radical (unpaired) electrons. The van der Waals surface area contributed by atoms with Crippen molar-refractivity contribution in [2.24, 2.45) is 0 Å². The highest BCUT2D eigenvalue weighted by Crippen LogP contribution is 2.34. The number of imide groups is 1. The largest absolute Gasteiger partial charge is 0.337 e. The average Bonchev–Trinajstić information content (AvgIpc) is 3.29. The second-order valence-electron chi connectivity index (χ2n) is 6.02. The average molecular weight is 380 g/mol. The number of hydrogen-bond donors (Lipinski definition) is 0. The van der Waals surface area contributed by atoms with Crippen molar-refractivity contribution in [3.8, 4) is 11.4 Å². The van der Waals surface area contributed by atoms with E-state index in [1.54, 1.807) is 60.6 Å². The molecule has 8 heteroatoms. The van der Waals surface area contributed by atoms with Gasteiger partial charge in [-0.25, -0.2) is 0 Å². The summed E-state index contributed by atoms with van der Waals surface area (Å²) in [6.45, 7) is 0. The molecule has 4 rings (SSSR count). The molecule has 1 aliphatic heterocycles. The highest BCUT2D eigenvalue weighted by atomic mass is 32.2. The molecular formula is C19H16N4O3S. The summed E-state index contributed by atoms with van der Waals surface area (Å²) in [6.07, 6.45) is 5.78. The van der Waals surface area contributed by atoms with Crippen LogP contribution < -0.4 is 0 Å². The molecular weight excluding hydrogens is 364 g/mol. The first kappa shape index (κ1) is 17.4. The third-order valence-corrected chi connectivity index (χ3v) is 5.04. The zero-order valence-corrected chi connectivity index (χ0v) is 15.3. The first-order chi connectivity index (χ1) is 13.2. The second-order valence-corrected chi connectivity index (χ2v) is 7.00. The Balaban J connectivity index is 1.70. The zero-order chi connectivity index (χ0) is 18.8. The number of thioether (sulfide) groups is 1. The van der Waals surface area contributed by atoms with Gasteiger partial charge in [-0.1, -0.05) is 17.3 Å². The minimum atomic E-state index is -0.604. The number of carbonyl (C=O) groups excluding carboxylic acids is 2. The number of pyridine rings is 1. The van der Waals surface area contributed by atoms with Crippen LogP contribution in [-0.2, 0) is 0 Å². The molecule has 27 heavy (non-hydrogen) atoms. The van der Waals surface area contributed by atoms with Gasteiger partial charge < -0.3 is 4.52 Å². The van der Waals surface area contributed by atoms with Crippen LogP contribution >= 0.6 is 11.8 Å². The van der Waals surface area contributed by atoms with Crippen molar-refractivity contribution in [1.82, 2.24) is 20.0 Å². The summed E-state index contributed by atoms with van der Waals surface area (Å²) in [6, 6.07) is 9.76. The standard InChI is InChI=1S/C19H16N4O3S/c1-27-11-8-15(17-21-16(22-26-17)12-6-9-20-10-7-12)23-18(24)13-4-2-3-5-14(13)19(23)25/h2-7,9-10,15H,8,11H2,1H3. The topological polar surface area (TPSA) is 89.2 Å². The molecule has 136 valence electrons. The van der Waals surface area contributed by atoms with Crippen LogP contribution in [0, 0.1) is 0 Å². The van der Waals surface area contributed by atoms with E-state index in [1.165, 1.54) is 4.90 Å². The van der Waals surface area contributed by atoms with E-state index in [9.17, 15) is 9.59 Å². The predicted octanol–water partition coefficient (Wildman–Crippen LogP) is 3.22. The molecule has 0 saturated heterocycles. The molecule has 0 fully saturated rings. The maximum Gasteiger partial charge on any atom is 0.262 e. The van der Waals surface area contributed by atoms with Crippen LogP contribution in [0.2, 0.25) is 0 Å². The fraction of sp³-hybridized carbons (Fsp3) is 0.211. The molecule has 2 amide bonds. The summed E-state index contributed by atoms with van der Waals surface area (Å²) in [5.41, 5.74) is 1.57. The molecule has 3 aromatic rings. The van der Waals surface area contributed by atoms with Crippen LogP contribution in [0.1, 0.15) is 39.1 Å². The number of carbonyl (C=O) groups is 2. The molecule has 3 heterocycles.